The van der Waals surface area contributed by atoms with Crippen molar-refractivity contribution in [2.75, 3.05) is 25.5 Å². The number of hydrogen-bond donors (Lipinski definition) is 2. The molecule has 0 unspecified atom stereocenters. The van der Waals surface area contributed by atoms with E-state index in [1.807, 2.05) is 6.07 Å². The fourth-order valence-electron chi connectivity index (χ4n) is 2.59. The Kier molecular flexibility index (Phi) is 5.12. The maximum atomic E-state index is 10.9. The molecule has 132 valence electrons. The van der Waals surface area contributed by atoms with Crippen LogP contribution in [0.15, 0.2) is 30.7 Å². The molecule has 0 radical (unpaired) electrons. The third-order valence-corrected chi connectivity index (χ3v) is 3.87. The zero-order chi connectivity index (χ0) is 17.6. The minimum Gasteiger partial charge on any atom is -0.480 e. The Bertz CT molecular complexity index is 734. The zero-order valence-corrected chi connectivity index (χ0v) is 13.8. The summed E-state index contributed by atoms with van der Waals surface area (Å²) in [7, 11) is 1.55. The lowest BCUT2D eigenvalue weighted by molar-refractivity contribution is 0.0870. The van der Waals surface area contributed by atoms with Crippen LogP contribution in [0.1, 0.15) is 12.8 Å². The zero-order valence-electron chi connectivity index (χ0n) is 13.8. The Morgan fingerprint density at radius 1 is 1.32 bits per heavy atom. The summed E-state index contributed by atoms with van der Waals surface area (Å²) < 4.78 is 11.1. The molecule has 25 heavy (non-hydrogen) atoms. The molecule has 2 aromatic rings. The normalized spacial score (nSPS) is 14.8. The summed E-state index contributed by atoms with van der Waals surface area (Å²) >= 11 is 0. The van der Waals surface area contributed by atoms with E-state index >= 15 is 0 Å². The van der Waals surface area contributed by atoms with E-state index in [0.29, 0.717) is 49.2 Å². The van der Waals surface area contributed by atoms with Gasteiger partial charge >= 0.3 is 6.09 Å². The highest BCUT2D eigenvalue weighted by Gasteiger charge is 2.23. The van der Waals surface area contributed by atoms with Gasteiger partial charge in [0.05, 0.1) is 7.11 Å². The highest BCUT2D eigenvalue weighted by molar-refractivity contribution is 5.65. The van der Waals surface area contributed by atoms with Crippen molar-refractivity contribution in [1.29, 1.82) is 0 Å². The summed E-state index contributed by atoms with van der Waals surface area (Å²) in [4.78, 5) is 24.7. The molecule has 0 aliphatic carbocycles. The van der Waals surface area contributed by atoms with Gasteiger partial charge in [0.15, 0.2) is 0 Å². The maximum absolute atomic E-state index is 10.9. The predicted molar refractivity (Wildman–Crippen MR) is 89.4 cm³/mol. The van der Waals surface area contributed by atoms with Gasteiger partial charge in [-0.1, -0.05) is 0 Å². The number of methoxy groups -OCH3 is 1. The maximum Gasteiger partial charge on any atom is 0.407 e. The van der Waals surface area contributed by atoms with Crippen molar-refractivity contribution >= 4 is 17.6 Å². The Morgan fingerprint density at radius 3 is 2.84 bits per heavy atom. The van der Waals surface area contributed by atoms with E-state index in [4.69, 9.17) is 14.6 Å². The molecule has 0 atom stereocenters. The quantitative estimate of drug-likeness (QED) is 0.848. The first-order valence-corrected chi connectivity index (χ1v) is 7.88. The SMILES string of the molecule is COc1ncccc1Nc1cc(OC2CCN(C(=O)O)CC2)ncn1. The third-order valence-electron chi connectivity index (χ3n) is 3.87. The highest BCUT2D eigenvalue weighted by Crippen LogP contribution is 2.25. The Hall–Kier alpha value is -3.10. The van der Waals surface area contributed by atoms with Crippen LogP contribution in [-0.4, -0.2) is 57.4 Å². The fraction of sp³-hybridized carbons (Fsp3) is 0.375. The molecule has 0 bridgehead atoms. The fourth-order valence-corrected chi connectivity index (χ4v) is 2.59. The average Bonchev–Trinajstić information content (AvgIpc) is 2.63. The topological polar surface area (TPSA) is 110 Å². The molecule has 0 aromatic carbocycles. The number of aromatic nitrogens is 3. The largest absolute Gasteiger partial charge is 0.480 e. The van der Waals surface area contributed by atoms with Crippen molar-refractivity contribution in [3.8, 4) is 11.8 Å². The molecule has 1 aliphatic heterocycles. The smallest absolute Gasteiger partial charge is 0.407 e. The number of anilines is 2. The summed E-state index contributed by atoms with van der Waals surface area (Å²) in [5.74, 6) is 1.46. The van der Waals surface area contributed by atoms with Crippen LogP contribution in [-0.2, 0) is 0 Å². The second kappa shape index (κ2) is 7.65. The van der Waals surface area contributed by atoms with Crippen LogP contribution >= 0.6 is 0 Å². The predicted octanol–water partition coefficient (Wildman–Crippen LogP) is 2.14. The molecule has 1 saturated heterocycles. The van der Waals surface area contributed by atoms with Gasteiger partial charge in [0.25, 0.3) is 0 Å². The van der Waals surface area contributed by atoms with Crippen molar-refractivity contribution < 1.29 is 19.4 Å². The molecule has 2 aromatic heterocycles. The summed E-state index contributed by atoms with van der Waals surface area (Å²) in [5.41, 5.74) is 0.685. The molecule has 9 heteroatoms. The molecule has 3 heterocycles. The van der Waals surface area contributed by atoms with Crippen LogP contribution in [0.25, 0.3) is 0 Å². The molecule has 3 rings (SSSR count). The van der Waals surface area contributed by atoms with Crippen LogP contribution in [0, 0.1) is 0 Å². The van der Waals surface area contributed by atoms with Gasteiger partial charge in [-0.05, 0) is 12.1 Å². The van der Waals surface area contributed by atoms with Crippen LogP contribution in [0.4, 0.5) is 16.3 Å². The first-order valence-electron chi connectivity index (χ1n) is 7.88. The standard InChI is InChI=1S/C16H19N5O4/c1-24-15-12(3-2-6-17-15)20-13-9-14(19-10-18-13)25-11-4-7-21(8-5-11)16(22)23/h2-3,6,9-11H,4-5,7-8H2,1H3,(H,22,23)(H,18,19,20). The van der Waals surface area contributed by atoms with Gasteiger partial charge in [-0.2, -0.15) is 0 Å². The number of pyridine rings is 1. The van der Waals surface area contributed by atoms with E-state index < -0.39 is 6.09 Å². The second-order valence-corrected chi connectivity index (χ2v) is 5.51. The van der Waals surface area contributed by atoms with Crippen molar-refractivity contribution in [2.45, 2.75) is 18.9 Å². The van der Waals surface area contributed by atoms with E-state index in [2.05, 4.69) is 20.3 Å². The third kappa shape index (κ3) is 4.25. The molecular weight excluding hydrogens is 326 g/mol. The van der Waals surface area contributed by atoms with Crippen molar-refractivity contribution in [2.24, 2.45) is 0 Å². The number of nitrogens with zero attached hydrogens (tertiary/aromatic N) is 4. The van der Waals surface area contributed by atoms with Gasteiger partial charge in [-0.15, -0.1) is 0 Å². The number of nitrogens with one attached hydrogen (secondary N) is 1. The number of carbonyl (C=O) groups is 1. The number of likely N-dealkylation sites (tertiary alicyclic amines) is 1. The average molecular weight is 345 g/mol. The number of rotatable bonds is 5. The van der Waals surface area contributed by atoms with Gasteiger partial charge in [-0.3, -0.25) is 0 Å². The molecule has 1 fully saturated rings. The lowest BCUT2D eigenvalue weighted by Gasteiger charge is -2.29. The molecule has 9 nitrogen and oxygen atoms in total. The summed E-state index contributed by atoms with van der Waals surface area (Å²) in [6.45, 7) is 0.923. The molecule has 1 aliphatic rings. The number of carboxylic acid groups (broad SMARTS) is 1. The van der Waals surface area contributed by atoms with E-state index in [0.717, 1.165) is 0 Å². The van der Waals surface area contributed by atoms with Crippen LogP contribution in [0.2, 0.25) is 0 Å². The highest BCUT2D eigenvalue weighted by atomic mass is 16.5. The number of piperidine rings is 1. The number of ether oxygens (including phenoxy) is 2. The molecule has 0 saturated carbocycles. The van der Waals surface area contributed by atoms with Gasteiger partial charge in [0, 0.05) is 38.2 Å². The van der Waals surface area contributed by atoms with Gasteiger partial charge in [-0.25, -0.2) is 19.7 Å². The van der Waals surface area contributed by atoms with Gasteiger partial charge in [0.2, 0.25) is 11.8 Å². The first-order chi connectivity index (χ1) is 12.2. The lowest BCUT2D eigenvalue weighted by atomic mass is 10.1. The summed E-state index contributed by atoms with van der Waals surface area (Å²) in [5, 5.41) is 12.1. The van der Waals surface area contributed by atoms with Crippen LogP contribution in [0.5, 0.6) is 11.8 Å². The number of amides is 1. The first kappa shape index (κ1) is 16.7. The Labute approximate surface area is 144 Å². The molecule has 0 spiro atoms. The van der Waals surface area contributed by atoms with E-state index in [1.54, 1.807) is 25.4 Å². The van der Waals surface area contributed by atoms with E-state index in [9.17, 15) is 4.79 Å². The summed E-state index contributed by atoms with van der Waals surface area (Å²) in [6, 6.07) is 5.31. The van der Waals surface area contributed by atoms with Crippen LogP contribution in [0.3, 0.4) is 0 Å². The van der Waals surface area contributed by atoms with E-state index in [-0.39, 0.29) is 6.10 Å². The Balaban J connectivity index is 1.63. The number of hydrogen-bond acceptors (Lipinski definition) is 7. The molecule has 1 amide bonds. The van der Waals surface area contributed by atoms with Crippen molar-refractivity contribution in [3.05, 3.63) is 30.7 Å². The minimum absolute atomic E-state index is 0.0636. The minimum atomic E-state index is -0.891. The van der Waals surface area contributed by atoms with Crippen molar-refractivity contribution in [3.63, 3.8) is 0 Å². The summed E-state index contributed by atoms with van der Waals surface area (Å²) in [6.07, 6.45) is 3.36. The molecular formula is C16H19N5O4. The Morgan fingerprint density at radius 2 is 2.12 bits per heavy atom. The lowest BCUT2D eigenvalue weighted by Crippen LogP contribution is -2.41. The van der Waals surface area contributed by atoms with E-state index in [1.165, 1.54) is 11.2 Å². The second-order valence-electron chi connectivity index (χ2n) is 5.51. The molecule has 2 N–H and O–H groups in total. The van der Waals surface area contributed by atoms with Gasteiger partial charge < -0.3 is 24.8 Å². The van der Waals surface area contributed by atoms with Crippen LogP contribution < -0.4 is 14.8 Å². The van der Waals surface area contributed by atoms with Crippen molar-refractivity contribution in [1.82, 2.24) is 19.9 Å². The van der Waals surface area contributed by atoms with Gasteiger partial charge in [0.1, 0.15) is 23.9 Å². The monoisotopic (exact) mass is 345 g/mol.